The van der Waals surface area contributed by atoms with Crippen molar-refractivity contribution in [2.75, 3.05) is 26.2 Å². The minimum Gasteiger partial charge on any atom is -0.508 e. The van der Waals surface area contributed by atoms with Gasteiger partial charge in [0.05, 0.1) is 25.6 Å². The van der Waals surface area contributed by atoms with Gasteiger partial charge in [-0.3, -0.25) is 48.1 Å². The number of phenols is 1. The lowest BCUT2D eigenvalue weighted by molar-refractivity contribution is -0.141. The highest BCUT2D eigenvalue weighted by molar-refractivity contribution is 5.98. The van der Waals surface area contributed by atoms with Crippen molar-refractivity contribution in [2.24, 2.45) is 34.0 Å². The number of hydrogen-bond donors (Lipinski definition) is 14. The molecule has 1 rings (SSSR count). The van der Waals surface area contributed by atoms with Crippen LogP contribution in [0.5, 0.6) is 5.75 Å². The number of rotatable bonds is 26. The first-order chi connectivity index (χ1) is 28.0. The van der Waals surface area contributed by atoms with Gasteiger partial charge in [-0.1, -0.05) is 39.8 Å². The van der Waals surface area contributed by atoms with Crippen molar-refractivity contribution in [2.45, 2.75) is 89.6 Å². The summed E-state index contributed by atoms with van der Waals surface area (Å²) in [5.74, 6) is -10.9. The molecule has 0 aliphatic heterocycles. The van der Waals surface area contributed by atoms with Gasteiger partial charge in [0, 0.05) is 13.0 Å². The Kier molecular flexibility index (Phi) is 22.1. The fraction of sp³-hybridized carbons (Fsp3) is 0.556. The molecular formula is C36H57N11O13. The lowest BCUT2D eigenvalue weighted by Gasteiger charge is -2.29. The second-order valence-electron chi connectivity index (χ2n) is 14.2. The van der Waals surface area contributed by atoms with Crippen molar-refractivity contribution in [3.8, 4) is 5.75 Å². The van der Waals surface area contributed by atoms with E-state index in [9.17, 15) is 58.5 Å². The van der Waals surface area contributed by atoms with Gasteiger partial charge in [0.1, 0.15) is 42.5 Å². The summed E-state index contributed by atoms with van der Waals surface area (Å²) in [4.78, 5) is 118. The van der Waals surface area contributed by atoms with Crippen LogP contribution < -0.4 is 54.4 Å². The van der Waals surface area contributed by atoms with E-state index < -0.39 is 127 Å². The SMILES string of the molecule is CC(C)[C@H](NC(=O)[C@H](CO)NC(=O)[C@H](CC(=O)O)NC(=O)CNC(=O)[C@@H](N)CCCN=C(N)N)C(=O)N[C@H](C(=O)N[C@@H](Cc1ccc(O)cc1)C(=O)NCC(=O)O)C(C)C. The number of aliphatic hydroxyl groups is 1. The average molecular weight is 852 g/mol. The maximum absolute atomic E-state index is 13.6. The van der Waals surface area contributed by atoms with E-state index in [4.69, 9.17) is 22.3 Å². The number of carbonyl (C=O) groups excluding carboxylic acids is 7. The molecule has 0 bridgehead atoms. The van der Waals surface area contributed by atoms with Crippen molar-refractivity contribution in [1.29, 1.82) is 0 Å². The quantitative estimate of drug-likeness (QED) is 0.0235. The van der Waals surface area contributed by atoms with Crippen molar-refractivity contribution in [3.05, 3.63) is 29.8 Å². The zero-order chi connectivity index (χ0) is 45.7. The average Bonchev–Trinajstić information content (AvgIpc) is 3.16. The topological polar surface area (TPSA) is 409 Å². The first kappa shape index (κ1) is 51.5. The fourth-order valence-electron chi connectivity index (χ4n) is 5.24. The highest BCUT2D eigenvalue weighted by Gasteiger charge is 2.35. The van der Waals surface area contributed by atoms with Gasteiger partial charge in [0.15, 0.2) is 5.96 Å². The number of amides is 7. The predicted octanol–water partition coefficient (Wildman–Crippen LogP) is -5.16. The van der Waals surface area contributed by atoms with Gasteiger partial charge in [-0.15, -0.1) is 0 Å². The van der Waals surface area contributed by atoms with E-state index in [1.165, 1.54) is 24.3 Å². The van der Waals surface area contributed by atoms with E-state index in [-0.39, 0.29) is 31.1 Å². The van der Waals surface area contributed by atoms with Crippen LogP contribution in [0.2, 0.25) is 0 Å². The van der Waals surface area contributed by atoms with Crippen LogP contribution in [0.3, 0.4) is 0 Å². The van der Waals surface area contributed by atoms with Crippen LogP contribution in [-0.2, 0) is 49.6 Å². The molecule has 0 aromatic heterocycles. The molecular weight excluding hydrogens is 794 g/mol. The number of nitrogens with zero attached hydrogens (tertiary/aromatic N) is 1. The Morgan fingerprint density at radius 1 is 0.650 bits per heavy atom. The summed E-state index contributed by atoms with van der Waals surface area (Å²) in [6.45, 7) is 3.96. The Hall–Kier alpha value is -6.56. The van der Waals surface area contributed by atoms with Gasteiger partial charge < -0.3 is 74.8 Å². The molecule has 0 unspecified atom stereocenters. The minimum atomic E-state index is -1.79. The number of aliphatic carboxylic acids is 2. The van der Waals surface area contributed by atoms with Crippen LogP contribution in [0.4, 0.5) is 0 Å². The highest BCUT2D eigenvalue weighted by atomic mass is 16.4. The van der Waals surface area contributed by atoms with Crippen LogP contribution in [0.1, 0.15) is 52.5 Å². The lowest BCUT2D eigenvalue weighted by atomic mass is 9.98. The number of aliphatic hydroxyl groups excluding tert-OH is 1. The number of aromatic hydroxyl groups is 1. The largest absolute Gasteiger partial charge is 0.508 e. The molecule has 7 amide bonds. The number of nitrogens with one attached hydrogen (secondary N) is 7. The van der Waals surface area contributed by atoms with Crippen molar-refractivity contribution in [3.63, 3.8) is 0 Å². The molecule has 0 spiro atoms. The van der Waals surface area contributed by atoms with Gasteiger partial charge in [-0.25, -0.2) is 0 Å². The summed E-state index contributed by atoms with van der Waals surface area (Å²) in [5.41, 5.74) is 16.8. The third-order valence-electron chi connectivity index (χ3n) is 8.49. The van der Waals surface area contributed by atoms with Crippen LogP contribution in [0, 0.1) is 11.8 Å². The molecule has 24 heteroatoms. The number of carboxylic acid groups (broad SMARTS) is 2. The molecule has 0 radical (unpaired) electrons. The van der Waals surface area contributed by atoms with Crippen LogP contribution in [-0.4, -0.2) is 142 Å². The minimum absolute atomic E-state index is 0.0570. The zero-order valence-electron chi connectivity index (χ0n) is 33.7. The predicted molar refractivity (Wildman–Crippen MR) is 212 cm³/mol. The number of carbonyl (C=O) groups is 9. The monoisotopic (exact) mass is 851 g/mol. The third kappa shape index (κ3) is 19.3. The fourth-order valence-corrected chi connectivity index (χ4v) is 5.24. The lowest BCUT2D eigenvalue weighted by Crippen LogP contribution is -2.61. The molecule has 0 saturated heterocycles. The molecule has 60 heavy (non-hydrogen) atoms. The summed E-state index contributed by atoms with van der Waals surface area (Å²) in [6, 6.07) is -2.94. The number of benzene rings is 1. The number of hydrogen-bond acceptors (Lipinski definition) is 13. The summed E-state index contributed by atoms with van der Waals surface area (Å²) in [6.07, 6.45) is -0.585. The Bertz CT molecular complexity index is 1700. The molecule has 1 aromatic rings. The summed E-state index contributed by atoms with van der Waals surface area (Å²) < 4.78 is 0. The summed E-state index contributed by atoms with van der Waals surface area (Å²) >= 11 is 0. The van der Waals surface area contributed by atoms with Crippen LogP contribution in [0.25, 0.3) is 0 Å². The van der Waals surface area contributed by atoms with Gasteiger partial charge in [-0.05, 0) is 42.4 Å². The molecule has 0 aliphatic rings. The zero-order valence-corrected chi connectivity index (χ0v) is 33.7. The van der Waals surface area contributed by atoms with E-state index in [1.54, 1.807) is 27.7 Å². The molecule has 6 atom stereocenters. The Morgan fingerprint density at radius 3 is 1.68 bits per heavy atom. The molecule has 24 nitrogen and oxygen atoms in total. The van der Waals surface area contributed by atoms with Crippen LogP contribution in [0.15, 0.2) is 29.3 Å². The summed E-state index contributed by atoms with van der Waals surface area (Å²) in [5, 5.41) is 54.2. The molecule has 1 aromatic carbocycles. The second-order valence-corrected chi connectivity index (χ2v) is 14.2. The van der Waals surface area contributed by atoms with E-state index in [1.807, 2.05) is 0 Å². The molecule has 0 saturated carbocycles. The van der Waals surface area contributed by atoms with E-state index >= 15 is 0 Å². The first-order valence-corrected chi connectivity index (χ1v) is 18.8. The second kappa shape index (κ2) is 25.7. The van der Waals surface area contributed by atoms with Gasteiger partial charge in [-0.2, -0.15) is 0 Å². The van der Waals surface area contributed by atoms with Gasteiger partial charge >= 0.3 is 11.9 Å². The maximum Gasteiger partial charge on any atom is 0.322 e. The molecule has 0 aliphatic carbocycles. The smallest absolute Gasteiger partial charge is 0.322 e. The van der Waals surface area contributed by atoms with E-state index in [0.29, 0.717) is 12.0 Å². The highest BCUT2D eigenvalue weighted by Crippen LogP contribution is 2.13. The van der Waals surface area contributed by atoms with Crippen LogP contribution >= 0.6 is 0 Å². The Morgan fingerprint density at radius 2 is 1.17 bits per heavy atom. The number of phenolic OH excluding ortho intramolecular Hbond substituents is 1. The van der Waals surface area contributed by atoms with Crippen molar-refractivity contribution in [1.82, 2.24) is 37.2 Å². The number of aliphatic imine (C=N–C) groups is 1. The van der Waals surface area contributed by atoms with Crippen molar-refractivity contribution < 1.29 is 63.6 Å². The summed E-state index contributed by atoms with van der Waals surface area (Å²) in [7, 11) is 0. The number of nitrogens with two attached hydrogens (primary N) is 3. The molecule has 17 N–H and O–H groups in total. The molecule has 0 fully saturated rings. The standard InChI is InChI=1S/C36H57N11O13/c1-17(2)28(34(59)44-22(31(56)42-15-27(53)54)12-19-7-9-20(49)10-8-19)47-35(60)29(18(3)4)46-33(58)24(16-48)45-32(57)23(13-26(51)52)43-25(50)14-41-30(55)21(37)6-5-11-40-36(38)39/h7-10,17-18,21-24,28-29,48-49H,5-6,11-16,37H2,1-4H3,(H,41,55)(H,42,56)(H,43,50)(H,44,59)(H,45,57)(H,46,58)(H,47,60)(H,51,52)(H,53,54)(H4,38,39,40)/t21-,22-,23-,24-,28-,29-/m0/s1. The number of carboxylic acids is 2. The number of guanidine groups is 1. The van der Waals surface area contributed by atoms with Gasteiger partial charge in [0.2, 0.25) is 41.4 Å². The molecule has 0 heterocycles. The van der Waals surface area contributed by atoms with E-state index in [0.717, 1.165) is 0 Å². The third-order valence-corrected chi connectivity index (χ3v) is 8.49. The van der Waals surface area contributed by atoms with E-state index in [2.05, 4.69) is 42.2 Å². The first-order valence-electron chi connectivity index (χ1n) is 18.8. The maximum atomic E-state index is 13.6. The Balaban J connectivity index is 3.05. The van der Waals surface area contributed by atoms with Gasteiger partial charge in [0.25, 0.3) is 0 Å². The molecule has 334 valence electrons. The van der Waals surface area contributed by atoms with Crippen molar-refractivity contribution >= 4 is 59.2 Å². The Labute approximate surface area is 345 Å². The normalized spacial score (nSPS) is 13.9.